The minimum atomic E-state index is -0.893. The minimum Gasteiger partial charge on any atom is -0.382 e. The van der Waals surface area contributed by atoms with E-state index >= 15 is 0 Å². The van der Waals surface area contributed by atoms with Crippen molar-refractivity contribution in [3.63, 3.8) is 0 Å². The van der Waals surface area contributed by atoms with Gasteiger partial charge in [0.2, 0.25) is 0 Å². The fraction of sp³-hybridized carbons (Fsp3) is 0.588. The van der Waals surface area contributed by atoms with Gasteiger partial charge in [0.05, 0.1) is 6.20 Å². The van der Waals surface area contributed by atoms with E-state index in [0.29, 0.717) is 12.2 Å². The molecule has 6 nitrogen and oxygen atoms in total. The lowest BCUT2D eigenvalue weighted by Crippen LogP contribution is -2.47. The number of likely N-dealkylation sites (tertiary alicyclic amines) is 1. The van der Waals surface area contributed by atoms with E-state index in [-0.39, 0.29) is 6.04 Å². The summed E-state index contributed by atoms with van der Waals surface area (Å²) in [6.07, 6.45) is 6.31. The molecule has 6 heteroatoms. The van der Waals surface area contributed by atoms with Gasteiger partial charge in [-0.2, -0.15) is 0 Å². The van der Waals surface area contributed by atoms with Gasteiger partial charge in [-0.15, -0.1) is 5.10 Å². The van der Waals surface area contributed by atoms with Crippen molar-refractivity contribution in [2.24, 2.45) is 0 Å². The predicted octanol–water partition coefficient (Wildman–Crippen LogP) is 1.78. The average Bonchev–Trinajstić information content (AvgIpc) is 3.05. The summed E-state index contributed by atoms with van der Waals surface area (Å²) in [6, 6.07) is 6.24. The summed E-state index contributed by atoms with van der Waals surface area (Å²) in [6.45, 7) is 6.63. The standard InChI is InChI=1S/C17H25N5O/c1-14(2)22-12-16(19-20-22)17(23)8-5-10-21(13-17)11-7-15-6-3-4-9-18-15/h3-4,6,9,12,14,23H,5,7-8,10-11,13H2,1-2H3. The molecule has 1 aliphatic heterocycles. The lowest BCUT2D eigenvalue weighted by atomic mass is 9.90. The number of aliphatic hydroxyl groups is 1. The summed E-state index contributed by atoms with van der Waals surface area (Å²) >= 11 is 0. The van der Waals surface area contributed by atoms with Crippen LogP contribution in [-0.2, 0) is 12.0 Å². The Kier molecular flexibility index (Phi) is 4.73. The van der Waals surface area contributed by atoms with Gasteiger partial charge in [-0.3, -0.25) is 9.88 Å². The Morgan fingerprint density at radius 3 is 2.91 bits per heavy atom. The molecule has 1 aliphatic rings. The van der Waals surface area contributed by atoms with Gasteiger partial charge in [-0.05, 0) is 45.4 Å². The van der Waals surface area contributed by atoms with Gasteiger partial charge < -0.3 is 5.11 Å². The van der Waals surface area contributed by atoms with Gasteiger partial charge in [-0.25, -0.2) is 4.68 Å². The monoisotopic (exact) mass is 315 g/mol. The van der Waals surface area contributed by atoms with Crippen molar-refractivity contribution >= 4 is 0 Å². The molecule has 0 aromatic carbocycles. The third kappa shape index (κ3) is 3.76. The maximum Gasteiger partial charge on any atom is 0.123 e. The molecule has 0 aliphatic carbocycles. The molecule has 124 valence electrons. The van der Waals surface area contributed by atoms with Crippen LogP contribution in [0.15, 0.2) is 30.6 Å². The molecule has 23 heavy (non-hydrogen) atoms. The molecule has 1 N–H and O–H groups in total. The first kappa shape index (κ1) is 16.1. The normalized spacial score (nSPS) is 22.6. The second kappa shape index (κ2) is 6.76. The van der Waals surface area contributed by atoms with E-state index < -0.39 is 5.60 Å². The number of hydrogen-bond acceptors (Lipinski definition) is 5. The molecule has 0 spiro atoms. The zero-order valence-electron chi connectivity index (χ0n) is 13.9. The molecular weight excluding hydrogens is 290 g/mol. The second-order valence-corrected chi connectivity index (χ2v) is 6.66. The van der Waals surface area contributed by atoms with Gasteiger partial charge in [0.25, 0.3) is 0 Å². The first-order chi connectivity index (χ1) is 11.1. The highest BCUT2D eigenvalue weighted by molar-refractivity contribution is 5.10. The summed E-state index contributed by atoms with van der Waals surface area (Å²) < 4.78 is 1.81. The molecule has 0 saturated carbocycles. The summed E-state index contributed by atoms with van der Waals surface area (Å²) in [7, 11) is 0. The van der Waals surface area contributed by atoms with Crippen LogP contribution in [0.25, 0.3) is 0 Å². The number of β-amino-alcohol motifs (C(OH)–C–C–N with tert-alkyl or cyclic N) is 1. The molecule has 0 bridgehead atoms. The number of pyridine rings is 1. The SMILES string of the molecule is CC(C)n1cc(C2(O)CCCN(CCc3ccccn3)C2)nn1. The fourth-order valence-corrected chi connectivity index (χ4v) is 3.08. The highest BCUT2D eigenvalue weighted by Crippen LogP contribution is 2.30. The van der Waals surface area contributed by atoms with Crippen molar-refractivity contribution in [3.05, 3.63) is 42.0 Å². The first-order valence-corrected chi connectivity index (χ1v) is 8.34. The van der Waals surface area contributed by atoms with E-state index in [2.05, 4.69) is 34.0 Å². The Morgan fingerprint density at radius 1 is 1.35 bits per heavy atom. The highest BCUT2D eigenvalue weighted by atomic mass is 16.3. The Morgan fingerprint density at radius 2 is 2.22 bits per heavy atom. The van der Waals surface area contributed by atoms with Gasteiger partial charge in [0.15, 0.2) is 0 Å². The molecule has 1 unspecified atom stereocenters. The van der Waals surface area contributed by atoms with Crippen LogP contribution in [0.2, 0.25) is 0 Å². The quantitative estimate of drug-likeness (QED) is 0.911. The summed E-state index contributed by atoms with van der Waals surface area (Å²) in [5.41, 5.74) is 0.885. The molecular formula is C17H25N5O. The van der Waals surface area contributed by atoms with Gasteiger partial charge in [0, 0.05) is 37.4 Å². The van der Waals surface area contributed by atoms with Crippen LogP contribution < -0.4 is 0 Å². The molecule has 0 radical (unpaired) electrons. The Hall–Kier alpha value is -1.79. The summed E-state index contributed by atoms with van der Waals surface area (Å²) in [5.74, 6) is 0. The lowest BCUT2D eigenvalue weighted by molar-refractivity contribution is -0.0386. The van der Waals surface area contributed by atoms with Crippen molar-refractivity contribution in [2.75, 3.05) is 19.6 Å². The number of hydrogen-bond donors (Lipinski definition) is 1. The van der Waals surface area contributed by atoms with E-state index in [1.165, 1.54) is 0 Å². The van der Waals surface area contributed by atoms with Crippen molar-refractivity contribution < 1.29 is 5.11 Å². The fourth-order valence-electron chi connectivity index (χ4n) is 3.08. The van der Waals surface area contributed by atoms with Crippen molar-refractivity contribution in [2.45, 2.75) is 44.8 Å². The van der Waals surface area contributed by atoms with Gasteiger partial charge in [0.1, 0.15) is 11.3 Å². The number of rotatable bonds is 5. The number of aromatic nitrogens is 4. The van der Waals surface area contributed by atoms with E-state index in [4.69, 9.17) is 0 Å². The van der Waals surface area contributed by atoms with Gasteiger partial charge >= 0.3 is 0 Å². The Bertz CT molecular complexity index is 627. The molecule has 1 saturated heterocycles. The smallest absolute Gasteiger partial charge is 0.123 e. The Balaban J connectivity index is 1.64. The van der Waals surface area contributed by atoms with E-state index in [1.807, 2.05) is 30.6 Å². The molecule has 1 fully saturated rings. The first-order valence-electron chi connectivity index (χ1n) is 8.34. The average molecular weight is 315 g/mol. The van der Waals surface area contributed by atoms with E-state index in [1.54, 1.807) is 4.68 Å². The van der Waals surface area contributed by atoms with Crippen molar-refractivity contribution in [3.8, 4) is 0 Å². The van der Waals surface area contributed by atoms with E-state index in [0.717, 1.165) is 38.0 Å². The molecule has 2 aromatic heterocycles. The number of piperidine rings is 1. The number of nitrogens with zero attached hydrogens (tertiary/aromatic N) is 5. The van der Waals surface area contributed by atoms with Crippen LogP contribution in [0, 0.1) is 0 Å². The van der Waals surface area contributed by atoms with Gasteiger partial charge in [-0.1, -0.05) is 11.3 Å². The zero-order chi connectivity index (χ0) is 16.3. The lowest BCUT2D eigenvalue weighted by Gasteiger charge is -2.38. The predicted molar refractivity (Wildman–Crippen MR) is 87.9 cm³/mol. The maximum absolute atomic E-state index is 11.0. The topological polar surface area (TPSA) is 67.1 Å². The third-order valence-corrected chi connectivity index (χ3v) is 4.48. The maximum atomic E-state index is 11.0. The third-order valence-electron chi connectivity index (χ3n) is 4.48. The largest absolute Gasteiger partial charge is 0.382 e. The summed E-state index contributed by atoms with van der Waals surface area (Å²) in [5, 5.41) is 19.4. The molecule has 0 amide bonds. The van der Waals surface area contributed by atoms with Crippen LogP contribution in [0.1, 0.15) is 44.1 Å². The Labute approximate surface area is 137 Å². The van der Waals surface area contributed by atoms with Crippen LogP contribution in [-0.4, -0.2) is 49.6 Å². The van der Waals surface area contributed by atoms with Crippen LogP contribution in [0.3, 0.4) is 0 Å². The van der Waals surface area contributed by atoms with E-state index in [9.17, 15) is 5.11 Å². The van der Waals surface area contributed by atoms with Crippen LogP contribution in [0.5, 0.6) is 0 Å². The van der Waals surface area contributed by atoms with Crippen molar-refractivity contribution in [1.29, 1.82) is 0 Å². The molecule has 3 rings (SSSR count). The molecule has 2 aromatic rings. The summed E-state index contributed by atoms with van der Waals surface area (Å²) in [4.78, 5) is 6.66. The zero-order valence-corrected chi connectivity index (χ0v) is 13.9. The second-order valence-electron chi connectivity index (χ2n) is 6.66. The minimum absolute atomic E-state index is 0.253. The highest BCUT2D eigenvalue weighted by Gasteiger charge is 2.37. The van der Waals surface area contributed by atoms with Crippen molar-refractivity contribution in [1.82, 2.24) is 24.9 Å². The van der Waals surface area contributed by atoms with Crippen LogP contribution >= 0.6 is 0 Å². The molecule has 3 heterocycles. The molecule has 1 atom stereocenters. The van der Waals surface area contributed by atoms with Crippen LogP contribution in [0.4, 0.5) is 0 Å².